The van der Waals surface area contributed by atoms with Gasteiger partial charge in [-0.1, -0.05) is 52.0 Å². The number of carbonyl (C=O) groups is 2. The molecule has 0 saturated heterocycles. The first-order valence-electron chi connectivity index (χ1n) is 8.70. The quantitative estimate of drug-likeness (QED) is 0.411. The van der Waals surface area contributed by atoms with Crippen LogP contribution < -0.4 is 5.32 Å². The fourth-order valence-electron chi connectivity index (χ4n) is 2.68. The van der Waals surface area contributed by atoms with E-state index in [1.165, 1.54) is 18.7 Å². The van der Waals surface area contributed by atoms with Crippen molar-refractivity contribution in [3.63, 3.8) is 0 Å². The summed E-state index contributed by atoms with van der Waals surface area (Å²) in [6.45, 7) is 4.14. The summed E-state index contributed by atoms with van der Waals surface area (Å²) in [4.78, 5) is 23.7. The molecule has 8 heteroatoms. The summed E-state index contributed by atoms with van der Waals surface area (Å²) < 4.78 is 2.90. The number of aromatic nitrogens is 3. The molecular weight excluding hydrogens is 440 g/mol. The lowest BCUT2D eigenvalue weighted by atomic mass is 10.2. The van der Waals surface area contributed by atoms with E-state index in [1.54, 1.807) is 12.1 Å². The van der Waals surface area contributed by atoms with Gasteiger partial charge in [0.25, 0.3) is 0 Å². The Hall–Kier alpha value is -2.45. The Morgan fingerprint density at radius 2 is 1.89 bits per heavy atom. The van der Waals surface area contributed by atoms with E-state index >= 15 is 0 Å². The molecule has 0 unspecified atom stereocenters. The number of rotatable bonds is 7. The number of amides is 1. The van der Waals surface area contributed by atoms with Gasteiger partial charge in [0.1, 0.15) is 0 Å². The second-order valence-electron chi connectivity index (χ2n) is 6.03. The van der Waals surface area contributed by atoms with Crippen LogP contribution in [-0.4, -0.2) is 32.2 Å². The van der Waals surface area contributed by atoms with Gasteiger partial charge >= 0.3 is 0 Å². The van der Waals surface area contributed by atoms with Crippen molar-refractivity contribution in [2.24, 2.45) is 0 Å². The summed E-state index contributed by atoms with van der Waals surface area (Å²) in [6.07, 6.45) is 0. The Balaban J connectivity index is 1.77. The third kappa shape index (κ3) is 4.88. The molecule has 0 atom stereocenters. The lowest BCUT2D eigenvalue weighted by Crippen LogP contribution is -2.06. The molecule has 6 nitrogen and oxygen atoms in total. The van der Waals surface area contributed by atoms with Crippen molar-refractivity contribution in [2.45, 2.75) is 25.5 Å². The first kappa shape index (κ1) is 20.3. The number of ketones is 1. The molecule has 0 spiro atoms. The van der Waals surface area contributed by atoms with E-state index in [4.69, 9.17) is 0 Å². The van der Waals surface area contributed by atoms with Crippen LogP contribution in [0.4, 0.5) is 5.69 Å². The zero-order valence-electron chi connectivity index (χ0n) is 15.5. The first-order chi connectivity index (χ1) is 13.5. The fraction of sp³-hybridized carbons (Fsp3) is 0.200. The maximum atomic E-state index is 12.4. The first-order valence-corrected chi connectivity index (χ1v) is 10.5. The zero-order valence-corrected chi connectivity index (χ0v) is 17.9. The van der Waals surface area contributed by atoms with Gasteiger partial charge in [0.2, 0.25) is 5.91 Å². The molecule has 1 amide bonds. The zero-order chi connectivity index (χ0) is 20.1. The average molecular weight is 459 g/mol. The SMILES string of the molecule is CCn1c(SCC(=O)c2ccc(Br)cc2)nnc1-c1cccc(NC(C)=O)c1. The summed E-state index contributed by atoms with van der Waals surface area (Å²) in [7, 11) is 0. The van der Waals surface area contributed by atoms with Crippen LogP contribution in [0.2, 0.25) is 0 Å². The van der Waals surface area contributed by atoms with Gasteiger partial charge < -0.3 is 9.88 Å². The highest BCUT2D eigenvalue weighted by Gasteiger charge is 2.15. The second kappa shape index (κ2) is 9.16. The molecule has 0 aliphatic rings. The molecule has 0 bridgehead atoms. The molecule has 2 aromatic carbocycles. The fourth-order valence-corrected chi connectivity index (χ4v) is 3.84. The predicted octanol–water partition coefficient (Wildman–Crippen LogP) is 4.66. The van der Waals surface area contributed by atoms with Gasteiger partial charge in [-0.2, -0.15) is 0 Å². The molecule has 1 aromatic heterocycles. The van der Waals surface area contributed by atoms with E-state index in [0.717, 1.165) is 10.0 Å². The molecule has 1 N–H and O–H groups in total. The lowest BCUT2D eigenvalue weighted by molar-refractivity contribution is -0.114. The molecule has 28 heavy (non-hydrogen) atoms. The van der Waals surface area contributed by atoms with Crippen LogP contribution in [-0.2, 0) is 11.3 Å². The van der Waals surface area contributed by atoms with Crippen molar-refractivity contribution in [2.75, 3.05) is 11.1 Å². The minimum absolute atomic E-state index is 0.0392. The van der Waals surface area contributed by atoms with Gasteiger partial charge in [-0.05, 0) is 31.2 Å². The number of anilines is 1. The van der Waals surface area contributed by atoms with Gasteiger partial charge in [0.05, 0.1) is 5.75 Å². The van der Waals surface area contributed by atoms with Crippen molar-refractivity contribution >= 4 is 45.1 Å². The molecule has 0 saturated carbocycles. The minimum Gasteiger partial charge on any atom is -0.326 e. The van der Waals surface area contributed by atoms with Crippen LogP contribution in [0, 0.1) is 0 Å². The maximum Gasteiger partial charge on any atom is 0.221 e. The summed E-state index contributed by atoms with van der Waals surface area (Å²) >= 11 is 4.74. The number of nitrogens with zero attached hydrogens (tertiary/aromatic N) is 3. The second-order valence-corrected chi connectivity index (χ2v) is 7.89. The van der Waals surface area contributed by atoms with Crippen LogP contribution in [0.15, 0.2) is 58.2 Å². The topological polar surface area (TPSA) is 76.9 Å². The third-order valence-corrected chi connectivity index (χ3v) is 5.47. The van der Waals surface area contributed by atoms with E-state index in [-0.39, 0.29) is 17.4 Å². The Morgan fingerprint density at radius 3 is 2.57 bits per heavy atom. The van der Waals surface area contributed by atoms with Gasteiger partial charge in [-0.25, -0.2) is 0 Å². The van der Waals surface area contributed by atoms with Crippen LogP contribution >= 0.6 is 27.7 Å². The van der Waals surface area contributed by atoms with Crippen molar-refractivity contribution in [3.05, 3.63) is 58.6 Å². The van der Waals surface area contributed by atoms with Gasteiger partial charge in [0, 0.05) is 34.8 Å². The van der Waals surface area contributed by atoms with Crippen LogP contribution in [0.3, 0.4) is 0 Å². The Morgan fingerprint density at radius 1 is 1.14 bits per heavy atom. The number of Topliss-reactive ketones (excluding diaryl/α,β-unsaturated/α-hetero) is 1. The summed E-state index contributed by atoms with van der Waals surface area (Å²) in [5.74, 6) is 0.897. The van der Waals surface area contributed by atoms with E-state index in [0.29, 0.717) is 28.8 Å². The summed E-state index contributed by atoms with van der Waals surface area (Å²) in [5.41, 5.74) is 2.23. The maximum absolute atomic E-state index is 12.4. The highest BCUT2D eigenvalue weighted by Crippen LogP contribution is 2.26. The monoisotopic (exact) mass is 458 g/mol. The van der Waals surface area contributed by atoms with Crippen molar-refractivity contribution in [1.82, 2.24) is 14.8 Å². The largest absolute Gasteiger partial charge is 0.326 e. The van der Waals surface area contributed by atoms with Crippen molar-refractivity contribution in [1.29, 1.82) is 0 Å². The number of hydrogen-bond donors (Lipinski definition) is 1. The van der Waals surface area contributed by atoms with Gasteiger partial charge in [-0.15, -0.1) is 10.2 Å². The van der Waals surface area contributed by atoms with Crippen LogP contribution in [0.5, 0.6) is 0 Å². The van der Waals surface area contributed by atoms with Crippen LogP contribution in [0.25, 0.3) is 11.4 Å². The molecule has 0 aliphatic heterocycles. The van der Waals surface area contributed by atoms with Gasteiger partial charge in [0.15, 0.2) is 16.8 Å². The number of thioether (sulfide) groups is 1. The van der Waals surface area contributed by atoms with E-state index < -0.39 is 0 Å². The van der Waals surface area contributed by atoms with E-state index in [9.17, 15) is 9.59 Å². The standard InChI is InChI=1S/C20H19BrN4O2S/c1-3-25-19(15-5-4-6-17(11-15)22-13(2)26)23-24-20(25)28-12-18(27)14-7-9-16(21)10-8-14/h4-11H,3,12H2,1-2H3,(H,22,26). The number of nitrogens with one attached hydrogen (secondary N) is 1. The molecule has 1 heterocycles. The highest BCUT2D eigenvalue weighted by molar-refractivity contribution is 9.10. The van der Waals surface area contributed by atoms with E-state index in [1.807, 2.05) is 47.9 Å². The Bertz CT molecular complexity index is 1000. The lowest BCUT2D eigenvalue weighted by Gasteiger charge is -2.09. The molecule has 0 aliphatic carbocycles. The predicted molar refractivity (Wildman–Crippen MR) is 115 cm³/mol. The summed E-state index contributed by atoms with van der Waals surface area (Å²) in [5, 5.41) is 12.0. The minimum atomic E-state index is -0.128. The van der Waals surface area contributed by atoms with Crippen molar-refractivity contribution < 1.29 is 9.59 Å². The normalized spacial score (nSPS) is 10.7. The Labute approximate surface area is 175 Å². The molecule has 0 radical (unpaired) electrons. The third-order valence-electron chi connectivity index (χ3n) is 3.97. The number of carbonyl (C=O) groups excluding carboxylic acids is 2. The van der Waals surface area contributed by atoms with Gasteiger partial charge in [-0.3, -0.25) is 9.59 Å². The average Bonchev–Trinajstić information content (AvgIpc) is 3.09. The van der Waals surface area contributed by atoms with Crippen molar-refractivity contribution in [3.8, 4) is 11.4 Å². The summed E-state index contributed by atoms with van der Waals surface area (Å²) in [6, 6.07) is 14.8. The number of benzene rings is 2. The van der Waals surface area contributed by atoms with E-state index in [2.05, 4.69) is 31.4 Å². The molecular formula is C20H19BrN4O2S. The molecule has 144 valence electrons. The Kier molecular flexibility index (Phi) is 6.64. The number of halogens is 1. The molecule has 3 aromatic rings. The smallest absolute Gasteiger partial charge is 0.221 e. The number of hydrogen-bond acceptors (Lipinski definition) is 5. The highest BCUT2D eigenvalue weighted by atomic mass is 79.9. The van der Waals surface area contributed by atoms with Crippen LogP contribution in [0.1, 0.15) is 24.2 Å². The molecule has 0 fully saturated rings. The molecule has 3 rings (SSSR count).